The van der Waals surface area contributed by atoms with E-state index < -0.39 is 0 Å². The lowest BCUT2D eigenvalue weighted by atomic mass is 9.93. The van der Waals surface area contributed by atoms with Crippen molar-refractivity contribution in [2.24, 2.45) is 11.7 Å². The lowest BCUT2D eigenvalue weighted by Gasteiger charge is -2.35. The molecule has 2 unspecified atom stereocenters. The maximum absolute atomic E-state index is 6.52. The van der Waals surface area contributed by atoms with Crippen molar-refractivity contribution in [1.29, 1.82) is 0 Å². The van der Waals surface area contributed by atoms with Gasteiger partial charge >= 0.3 is 0 Å². The van der Waals surface area contributed by atoms with E-state index in [1.165, 1.54) is 11.3 Å². The first-order chi connectivity index (χ1) is 10.1. The third-order valence-electron chi connectivity index (χ3n) is 4.13. The number of hydrogen-bond acceptors (Lipinski definition) is 2. The smallest absolute Gasteiger partial charge is 0.0646 e. The van der Waals surface area contributed by atoms with Crippen LogP contribution < -0.4 is 10.6 Å². The molecule has 2 aromatic carbocycles. The highest BCUT2D eigenvalue weighted by atomic mass is 35.5. The molecule has 0 spiro atoms. The molecular formula is C18H21ClN2. The summed E-state index contributed by atoms with van der Waals surface area (Å²) >= 11 is 6.52. The molecule has 2 atom stereocenters. The molecule has 1 aliphatic rings. The standard InChI is InChI=1S/C18H21ClN2/c1-12-9-15-5-3-4-6-17(15)21(11-12)18-8-7-14(13(2)20)10-16(18)19/h3-8,10,12-13H,9,11,20H2,1-2H3. The number of hydrogen-bond donors (Lipinski definition) is 1. The van der Waals surface area contributed by atoms with Crippen molar-refractivity contribution in [3.05, 3.63) is 58.6 Å². The van der Waals surface area contributed by atoms with Crippen LogP contribution in [0.4, 0.5) is 11.4 Å². The second kappa shape index (κ2) is 5.70. The molecule has 110 valence electrons. The summed E-state index contributed by atoms with van der Waals surface area (Å²) in [5.41, 5.74) is 10.7. The van der Waals surface area contributed by atoms with Crippen molar-refractivity contribution in [3.8, 4) is 0 Å². The van der Waals surface area contributed by atoms with Gasteiger partial charge in [-0.05, 0) is 48.6 Å². The van der Waals surface area contributed by atoms with Crippen LogP contribution >= 0.6 is 11.6 Å². The van der Waals surface area contributed by atoms with Gasteiger partial charge in [-0.2, -0.15) is 0 Å². The average molecular weight is 301 g/mol. The van der Waals surface area contributed by atoms with E-state index >= 15 is 0 Å². The van der Waals surface area contributed by atoms with Crippen LogP contribution in [-0.4, -0.2) is 6.54 Å². The minimum Gasteiger partial charge on any atom is -0.340 e. The van der Waals surface area contributed by atoms with E-state index in [0.29, 0.717) is 5.92 Å². The lowest BCUT2D eigenvalue weighted by molar-refractivity contribution is 0.562. The molecule has 3 rings (SSSR count). The van der Waals surface area contributed by atoms with E-state index in [-0.39, 0.29) is 6.04 Å². The molecule has 1 aliphatic heterocycles. The van der Waals surface area contributed by atoms with Gasteiger partial charge in [0.2, 0.25) is 0 Å². The van der Waals surface area contributed by atoms with Gasteiger partial charge < -0.3 is 10.6 Å². The third kappa shape index (κ3) is 2.78. The van der Waals surface area contributed by atoms with Crippen LogP contribution in [0.2, 0.25) is 5.02 Å². The summed E-state index contributed by atoms with van der Waals surface area (Å²) in [5, 5.41) is 0.772. The molecule has 0 fully saturated rings. The van der Waals surface area contributed by atoms with Crippen molar-refractivity contribution >= 4 is 23.0 Å². The zero-order valence-electron chi connectivity index (χ0n) is 12.5. The number of anilines is 2. The van der Waals surface area contributed by atoms with Crippen LogP contribution in [0.5, 0.6) is 0 Å². The molecule has 2 nitrogen and oxygen atoms in total. The van der Waals surface area contributed by atoms with E-state index in [1.807, 2.05) is 13.0 Å². The predicted molar refractivity (Wildman–Crippen MR) is 90.4 cm³/mol. The van der Waals surface area contributed by atoms with E-state index in [4.69, 9.17) is 17.3 Å². The highest BCUT2D eigenvalue weighted by Crippen LogP contribution is 2.39. The number of fused-ring (bicyclic) bond motifs is 1. The molecule has 0 aliphatic carbocycles. The van der Waals surface area contributed by atoms with Crippen molar-refractivity contribution < 1.29 is 0 Å². The number of halogens is 1. The van der Waals surface area contributed by atoms with Gasteiger partial charge in [-0.15, -0.1) is 0 Å². The Morgan fingerprint density at radius 1 is 1.19 bits per heavy atom. The molecule has 1 heterocycles. The number of nitrogens with zero attached hydrogens (tertiary/aromatic N) is 1. The Balaban J connectivity index is 2.04. The first kappa shape index (κ1) is 14.4. The minimum atomic E-state index is 0.00381. The summed E-state index contributed by atoms with van der Waals surface area (Å²) in [6, 6.07) is 14.7. The van der Waals surface area contributed by atoms with Gasteiger partial charge in [0, 0.05) is 18.3 Å². The molecule has 0 radical (unpaired) electrons. The van der Waals surface area contributed by atoms with Crippen LogP contribution in [0.3, 0.4) is 0 Å². The minimum absolute atomic E-state index is 0.00381. The SMILES string of the molecule is CC1Cc2ccccc2N(c2ccc(C(C)N)cc2Cl)C1. The van der Waals surface area contributed by atoms with Gasteiger partial charge in [0.25, 0.3) is 0 Å². The highest BCUT2D eigenvalue weighted by Gasteiger charge is 2.24. The molecular weight excluding hydrogens is 280 g/mol. The first-order valence-electron chi connectivity index (χ1n) is 7.46. The van der Waals surface area contributed by atoms with Crippen molar-refractivity contribution in [3.63, 3.8) is 0 Å². The van der Waals surface area contributed by atoms with Gasteiger partial charge in [-0.25, -0.2) is 0 Å². The van der Waals surface area contributed by atoms with E-state index in [9.17, 15) is 0 Å². The molecule has 0 amide bonds. The van der Waals surface area contributed by atoms with Crippen LogP contribution in [-0.2, 0) is 6.42 Å². The second-order valence-electron chi connectivity index (χ2n) is 6.05. The molecule has 2 N–H and O–H groups in total. The van der Waals surface area contributed by atoms with E-state index in [2.05, 4.69) is 48.2 Å². The molecule has 0 bridgehead atoms. The first-order valence-corrected chi connectivity index (χ1v) is 7.84. The van der Waals surface area contributed by atoms with Gasteiger partial charge in [0.05, 0.1) is 10.7 Å². The number of nitrogens with two attached hydrogens (primary N) is 1. The second-order valence-corrected chi connectivity index (χ2v) is 6.46. The largest absolute Gasteiger partial charge is 0.340 e. The quantitative estimate of drug-likeness (QED) is 0.872. The van der Waals surface area contributed by atoms with Crippen LogP contribution in [0.25, 0.3) is 0 Å². The summed E-state index contributed by atoms with van der Waals surface area (Å²) in [6.07, 6.45) is 1.13. The Morgan fingerprint density at radius 3 is 2.67 bits per heavy atom. The summed E-state index contributed by atoms with van der Waals surface area (Å²) in [5.74, 6) is 0.615. The molecule has 21 heavy (non-hydrogen) atoms. The van der Waals surface area contributed by atoms with Crippen LogP contribution in [0.15, 0.2) is 42.5 Å². The fraction of sp³-hybridized carbons (Fsp3) is 0.333. The highest BCUT2D eigenvalue weighted by molar-refractivity contribution is 6.33. The van der Waals surface area contributed by atoms with Gasteiger partial charge in [0.15, 0.2) is 0 Å². The monoisotopic (exact) mass is 300 g/mol. The van der Waals surface area contributed by atoms with Gasteiger partial charge in [0.1, 0.15) is 0 Å². The summed E-state index contributed by atoms with van der Waals surface area (Å²) in [7, 11) is 0. The predicted octanol–water partition coefficient (Wildman–Crippen LogP) is 4.69. The molecule has 0 saturated carbocycles. The number of para-hydroxylation sites is 1. The van der Waals surface area contributed by atoms with Crippen LogP contribution in [0.1, 0.15) is 31.0 Å². The normalized spacial score (nSPS) is 19.2. The Morgan fingerprint density at radius 2 is 1.95 bits per heavy atom. The molecule has 0 saturated heterocycles. The van der Waals surface area contributed by atoms with Gasteiger partial charge in [-0.3, -0.25) is 0 Å². The zero-order chi connectivity index (χ0) is 15.0. The fourth-order valence-corrected chi connectivity index (χ4v) is 3.34. The summed E-state index contributed by atoms with van der Waals surface area (Å²) in [4.78, 5) is 2.33. The van der Waals surface area contributed by atoms with Crippen LogP contribution in [0, 0.1) is 5.92 Å². The van der Waals surface area contributed by atoms with E-state index in [0.717, 1.165) is 29.2 Å². The average Bonchev–Trinajstić information content (AvgIpc) is 2.46. The molecule has 2 aromatic rings. The van der Waals surface area contributed by atoms with Gasteiger partial charge in [-0.1, -0.05) is 42.8 Å². The van der Waals surface area contributed by atoms with Crippen molar-refractivity contribution in [2.45, 2.75) is 26.3 Å². The fourth-order valence-electron chi connectivity index (χ4n) is 3.05. The Bertz CT molecular complexity index is 651. The van der Waals surface area contributed by atoms with E-state index in [1.54, 1.807) is 0 Å². The zero-order valence-corrected chi connectivity index (χ0v) is 13.3. The number of rotatable bonds is 2. The molecule has 3 heteroatoms. The lowest BCUT2D eigenvalue weighted by Crippen LogP contribution is -2.30. The maximum Gasteiger partial charge on any atom is 0.0646 e. The van der Waals surface area contributed by atoms with Crippen molar-refractivity contribution in [2.75, 3.05) is 11.4 Å². The Labute approximate surface area is 131 Å². The van der Waals surface area contributed by atoms with Crippen molar-refractivity contribution in [1.82, 2.24) is 0 Å². The molecule has 0 aromatic heterocycles. The topological polar surface area (TPSA) is 29.3 Å². The number of benzene rings is 2. The summed E-state index contributed by atoms with van der Waals surface area (Å²) < 4.78 is 0. The maximum atomic E-state index is 6.52. The Hall–Kier alpha value is -1.51. The summed E-state index contributed by atoms with van der Waals surface area (Å²) in [6.45, 7) is 5.25. The Kier molecular flexibility index (Phi) is 3.92. The third-order valence-corrected chi connectivity index (χ3v) is 4.44.